The van der Waals surface area contributed by atoms with Crippen molar-refractivity contribution >= 4 is 54.3 Å². The Kier molecular flexibility index (Phi) is 3.99. The van der Waals surface area contributed by atoms with Crippen LogP contribution >= 0.6 is 0 Å². The molecule has 49 heavy (non-hydrogen) atoms. The van der Waals surface area contributed by atoms with Crippen LogP contribution in [0.15, 0.2) is 186 Å². The molecule has 0 saturated heterocycles. The molecule has 9 aromatic carbocycles. The molecule has 10 rings (SSSR count). The van der Waals surface area contributed by atoms with Crippen molar-refractivity contribution in [3.05, 3.63) is 182 Å². The Bertz CT molecular complexity index is 3490. The summed E-state index contributed by atoms with van der Waals surface area (Å²) in [5.41, 5.74) is 1.63. The van der Waals surface area contributed by atoms with Crippen LogP contribution in [0, 0.1) is 0 Å². The van der Waals surface area contributed by atoms with E-state index in [9.17, 15) is 5.48 Å². The van der Waals surface area contributed by atoms with Gasteiger partial charge in [-0.2, -0.15) is 0 Å². The number of rotatable bonds is 4. The van der Waals surface area contributed by atoms with Crippen LogP contribution in [0.3, 0.4) is 0 Å². The molecule has 0 N–H and O–H groups in total. The van der Waals surface area contributed by atoms with Gasteiger partial charge in [-0.25, -0.2) is 0 Å². The SMILES string of the molecule is [2H]c1c([2H])c([2H])c(-c2c([2H])c([2H])c(-c3c([2H])c([2H])c(-c4c5ccccc5c(-c5cccc6oc7c8ccccc8ccc7c56)c5ccccc45)c([2H])c3[2H])c([2H])c2[2H])c([2H])c1[2H]. The van der Waals surface area contributed by atoms with Gasteiger partial charge in [-0.1, -0.05) is 170 Å². The van der Waals surface area contributed by atoms with E-state index in [0.717, 1.165) is 49.0 Å². The zero-order valence-electron chi connectivity index (χ0n) is 38.7. The molecule has 0 radical (unpaired) electrons. The van der Waals surface area contributed by atoms with Crippen molar-refractivity contribution in [3.8, 4) is 44.5 Å². The fourth-order valence-electron chi connectivity index (χ4n) is 6.95. The van der Waals surface area contributed by atoms with Crippen molar-refractivity contribution in [2.75, 3.05) is 0 Å². The zero-order chi connectivity index (χ0) is 43.6. The summed E-state index contributed by atoms with van der Waals surface area (Å²) < 4.78 is 121. The summed E-state index contributed by atoms with van der Waals surface area (Å²) in [6, 6.07) is 24.6. The molecule has 0 bridgehead atoms. The molecule has 1 aromatic heterocycles. The zero-order valence-corrected chi connectivity index (χ0v) is 25.7. The highest BCUT2D eigenvalue weighted by Gasteiger charge is 2.20. The van der Waals surface area contributed by atoms with E-state index < -0.39 is 101 Å². The van der Waals surface area contributed by atoms with E-state index in [4.69, 9.17) is 16.8 Å². The van der Waals surface area contributed by atoms with Crippen LogP contribution in [-0.4, -0.2) is 0 Å². The summed E-state index contributed by atoms with van der Waals surface area (Å²) >= 11 is 0. The first-order valence-electron chi connectivity index (χ1n) is 22.3. The van der Waals surface area contributed by atoms with E-state index in [1.165, 1.54) is 0 Å². The topological polar surface area (TPSA) is 13.1 Å². The Morgan fingerprint density at radius 2 is 0.878 bits per heavy atom. The van der Waals surface area contributed by atoms with E-state index in [1.807, 2.05) is 91.0 Å². The second kappa shape index (κ2) is 11.1. The largest absolute Gasteiger partial charge is 0.455 e. The molecule has 1 nitrogen and oxygen atoms in total. The molecule has 0 spiro atoms. The van der Waals surface area contributed by atoms with Crippen molar-refractivity contribution in [1.29, 1.82) is 0 Å². The van der Waals surface area contributed by atoms with Gasteiger partial charge in [0.05, 0.1) is 17.8 Å². The lowest BCUT2D eigenvalue weighted by Crippen LogP contribution is -1.91. The Morgan fingerprint density at radius 3 is 1.49 bits per heavy atom. The summed E-state index contributed by atoms with van der Waals surface area (Å²) in [6.07, 6.45) is 0. The predicted octanol–water partition coefficient (Wildman–Crippen LogP) is 13.7. The molecule has 0 aliphatic rings. The van der Waals surface area contributed by atoms with Gasteiger partial charge in [0.15, 0.2) is 0 Å². The second-order valence-corrected chi connectivity index (χ2v) is 11.8. The fourth-order valence-corrected chi connectivity index (χ4v) is 6.95. The number of fused-ring (bicyclic) bond motifs is 7. The van der Waals surface area contributed by atoms with Gasteiger partial charge in [0, 0.05) is 16.2 Å². The summed E-state index contributed by atoms with van der Waals surface area (Å²) in [6.45, 7) is 0. The van der Waals surface area contributed by atoms with E-state index in [1.54, 1.807) is 0 Å². The molecule has 0 atom stereocenters. The van der Waals surface area contributed by atoms with E-state index in [0.29, 0.717) is 21.9 Å². The van der Waals surface area contributed by atoms with Crippen molar-refractivity contribution in [3.63, 3.8) is 0 Å². The van der Waals surface area contributed by atoms with Gasteiger partial charge in [0.25, 0.3) is 0 Å². The number of benzene rings is 9. The first-order chi connectivity index (χ1) is 29.7. The summed E-state index contributed by atoms with van der Waals surface area (Å²) in [7, 11) is 0. The molecule has 0 saturated carbocycles. The van der Waals surface area contributed by atoms with E-state index in [2.05, 4.69) is 12.1 Å². The minimum atomic E-state index is -0.762. The van der Waals surface area contributed by atoms with E-state index >= 15 is 0 Å². The lowest BCUT2D eigenvalue weighted by molar-refractivity contribution is 0.673. The molecule has 0 unspecified atom stereocenters. The molecule has 0 aliphatic carbocycles. The van der Waals surface area contributed by atoms with Crippen molar-refractivity contribution in [1.82, 2.24) is 0 Å². The Labute approximate surface area is 302 Å². The molecular formula is C48H30O. The summed E-state index contributed by atoms with van der Waals surface area (Å²) in [5.74, 6) is 0. The smallest absolute Gasteiger partial charge is 0.143 e. The average molecular weight is 636 g/mol. The Morgan fingerprint density at radius 1 is 0.367 bits per heavy atom. The molecule has 0 amide bonds. The molecule has 228 valence electrons. The maximum absolute atomic E-state index is 9.49. The quantitative estimate of drug-likeness (QED) is 0.175. The summed E-state index contributed by atoms with van der Waals surface area (Å²) in [4.78, 5) is 0. The molecular weight excluding hydrogens is 593 g/mol. The monoisotopic (exact) mass is 635 g/mol. The van der Waals surface area contributed by atoms with Crippen LogP contribution in [0.25, 0.3) is 98.8 Å². The minimum Gasteiger partial charge on any atom is -0.455 e. The number of hydrogen-bond donors (Lipinski definition) is 0. The van der Waals surface area contributed by atoms with Gasteiger partial charge >= 0.3 is 0 Å². The van der Waals surface area contributed by atoms with Gasteiger partial charge < -0.3 is 4.42 Å². The highest BCUT2D eigenvalue weighted by Crippen LogP contribution is 2.47. The lowest BCUT2D eigenvalue weighted by atomic mass is 9.84. The van der Waals surface area contributed by atoms with Crippen LogP contribution in [0.1, 0.15) is 17.8 Å². The summed E-state index contributed by atoms with van der Waals surface area (Å²) in [5, 5.41) is 6.77. The maximum Gasteiger partial charge on any atom is 0.143 e. The van der Waals surface area contributed by atoms with Gasteiger partial charge in [0.2, 0.25) is 0 Å². The van der Waals surface area contributed by atoms with Crippen LogP contribution in [0.4, 0.5) is 0 Å². The minimum absolute atomic E-state index is 0.0212. The third-order valence-corrected chi connectivity index (χ3v) is 9.09. The predicted molar refractivity (Wildman–Crippen MR) is 208 cm³/mol. The van der Waals surface area contributed by atoms with Crippen LogP contribution in [0.5, 0.6) is 0 Å². The van der Waals surface area contributed by atoms with Gasteiger partial charge in [-0.15, -0.1) is 0 Å². The second-order valence-electron chi connectivity index (χ2n) is 11.8. The van der Waals surface area contributed by atoms with Crippen LogP contribution < -0.4 is 0 Å². The molecule has 10 aromatic rings. The standard InChI is InChI=1S/C48H30O/c1-2-11-31(12-3-1)32-21-23-33(24-22-32)34-25-27-36(28-26-34)45-38-15-6-8-17-40(38)46(41-18-9-7-16-39(41)45)42-19-10-20-44-47(42)43-30-29-35-13-4-5-14-37(35)48(43)49-44/h1-30H/i1D,2D,3D,11D,12D,21D,22D,23D,24D,25D,26D,27D,28D. The first kappa shape index (κ1) is 17.6. The Balaban J connectivity index is 1.24. The number of hydrogen-bond acceptors (Lipinski definition) is 1. The van der Waals surface area contributed by atoms with Gasteiger partial charge in [-0.05, 0) is 83.6 Å². The maximum atomic E-state index is 9.49. The average Bonchev–Trinajstić information content (AvgIpc) is 3.68. The lowest BCUT2D eigenvalue weighted by Gasteiger charge is -2.18. The molecule has 0 fully saturated rings. The third-order valence-electron chi connectivity index (χ3n) is 9.09. The van der Waals surface area contributed by atoms with Crippen molar-refractivity contribution < 1.29 is 22.2 Å². The van der Waals surface area contributed by atoms with Gasteiger partial charge in [-0.3, -0.25) is 0 Å². The van der Waals surface area contributed by atoms with Crippen LogP contribution in [0.2, 0.25) is 0 Å². The van der Waals surface area contributed by atoms with Crippen molar-refractivity contribution in [2.24, 2.45) is 0 Å². The highest BCUT2D eigenvalue weighted by atomic mass is 16.3. The Hall–Kier alpha value is -6.44. The van der Waals surface area contributed by atoms with E-state index in [-0.39, 0.29) is 5.56 Å². The molecule has 1 heteroatoms. The fraction of sp³-hybridized carbons (Fsp3) is 0. The third kappa shape index (κ3) is 4.40. The molecule has 1 heterocycles. The number of furan rings is 1. The highest BCUT2D eigenvalue weighted by molar-refractivity contribution is 6.27. The van der Waals surface area contributed by atoms with Crippen molar-refractivity contribution in [2.45, 2.75) is 0 Å². The van der Waals surface area contributed by atoms with Gasteiger partial charge in [0.1, 0.15) is 11.2 Å². The molecule has 0 aliphatic heterocycles. The first-order valence-corrected chi connectivity index (χ1v) is 15.8. The normalized spacial score (nSPS) is 15.4. The van der Waals surface area contributed by atoms with Crippen LogP contribution in [-0.2, 0) is 0 Å².